The van der Waals surface area contributed by atoms with E-state index in [2.05, 4.69) is 17.2 Å². The van der Waals surface area contributed by atoms with Gasteiger partial charge in [0.1, 0.15) is 6.26 Å². The second kappa shape index (κ2) is 7.07. The third-order valence-corrected chi connectivity index (χ3v) is 4.73. The average Bonchev–Trinajstić information content (AvgIpc) is 3.24. The van der Waals surface area contributed by atoms with Crippen molar-refractivity contribution in [3.05, 3.63) is 29.5 Å². The highest BCUT2D eigenvalue weighted by atomic mass is 32.1. The SMILES string of the molecule is CCCN(C(=O)Cc1coc(-c2cccs2)n1)C1CCNC1. The number of carbonyl (C=O) groups is 1. The summed E-state index contributed by atoms with van der Waals surface area (Å²) >= 11 is 1.58. The lowest BCUT2D eigenvalue weighted by atomic mass is 10.2. The maximum atomic E-state index is 12.6. The van der Waals surface area contributed by atoms with Crippen LogP contribution in [-0.4, -0.2) is 41.5 Å². The van der Waals surface area contributed by atoms with Crippen LogP contribution in [-0.2, 0) is 11.2 Å². The van der Waals surface area contributed by atoms with Gasteiger partial charge in [0.15, 0.2) is 0 Å². The molecular formula is C16H21N3O2S. The molecule has 0 aromatic carbocycles. The van der Waals surface area contributed by atoms with Crippen molar-refractivity contribution in [2.45, 2.75) is 32.2 Å². The molecular weight excluding hydrogens is 298 g/mol. The Balaban J connectivity index is 1.67. The van der Waals surface area contributed by atoms with Crippen LogP contribution in [0.15, 0.2) is 28.2 Å². The fourth-order valence-corrected chi connectivity index (χ4v) is 3.47. The predicted octanol–water partition coefficient (Wildman–Crippen LogP) is 2.55. The smallest absolute Gasteiger partial charge is 0.236 e. The highest BCUT2D eigenvalue weighted by Gasteiger charge is 2.26. The molecule has 1 aliphatic rings. The summed E-state index contributed by atoms with van der Waals surface area (Å²) in [6.45, 7) is 4.80. The highest BCUT2D eigenvalue weighted by molar-refractivity contribution is 7.13. The number of carbonyl (C=O) groups excluding carboxylic acids is 1. The first kappa shape index (κ1) is 15.2. The van der Waals surface area contributed by atoms with Crippen LogP contribution >= 0.6 is 11.3 Å². The van der Waals surface area contributed by atoms with E-state index in [4.69, 9.17) is 4.42 Å². The number of thiophene rings is 1. The minimum Gasteiger partial charge on any atom is -0.444 e. The Hall–Kier alpha value is -1.66. The molecule has 2 aromatic heterocycles. The van der Waals surface area contributed by atoms with Crippen molar-refractivity contribution < 1.29 is 9.21 Å². The molecule has 1 amide bonds. The zero-order chi connectivity index (χ0) is 15.4. The zero-order valence-corrected chi connectivity index (χ0v) is 13.6. The fraction of sp³-hybridized carbons (Fsp3) is 0.500. The topological polar surface area (TPSA) is 58.4 Å². The van der Waals surface area contributed by atoms with Gasteiger partial charge < -0.3 is 14.6 Å². The van der Waals surface area contributed by atoms with E-state index in [1.165, 1.54) is 0 Å². The normalized spacial score (nSPS) is 17.8. The Morgan fingerprint density at radius 3 is 3.18 bits per heavy atom. The van der Waals surface area contributed by atoms with Crippen molar-refractivity contribution in [2.24, 2.45) is 0 Å². The third-order valence-electron chi connectivity index (χ3n) is 3.88. The summed E-state index contributed by atoms with van der Waals surface area (Å²) in [7, 11) is 0. The third kappa shape index (κ3) is 3.39. The summed E-state index contributed by atoms with van der Waals surface area (Å²) in [5.74, 6) is 0.740. The number of hydrogen-bond donors (Lipinski definition) is 1. The molecule has 2 aromatic rings. The second-order valence-electron chi connectivity index (χ2n) is 5.53. The summed E-state index contributed by atoms with van der Waals surface area (Å²) < 4.78 is 5.49. The van der Waals surface area contributed by atoms with Crippen LogP contribution in [0.2, 0.25) is 0 Å². The molecule has 0 radical (unpaired) electrons. The van der Waals surface area contributed by atoms with E-state index >= 15 is 0 Å². The minimum absolute atomic E-state index is 0.140. The Kier molecular flexibility index (Phi) is 4.90. The standard InChI is InChI=1S/C16H21N3O2S/c1-2-7-19(13-5-6-17-10-13)15(20)9-12-11-21-16(18-12)14-4-3-8-22-14/h3-4,8,11,13,17H,2,5-7,9-10H2,1H3. The maximum absolute atomic E-state index is 12.6. The van der Waals surface area contributed by atoms with Crippen LogP contribution in [0.4, 0.5) is 0 Å². The number of amides is 1. The van der Waals surface area contributed by atoms with Gasteiger partial charge in [-0.1, -0.05) is 13.0 Å². The summed E-state index contributed by atoms with van der Waals surface area (Å²) in [6.07, 6.45) is 3.92. The van der Waals surface area contributed by atoms with Gasteiger partial charge in [0, 0.05) is 19.1 Å². The molecule has 118 valence electrons. The molecule has 1 N–H and O–H groups in total. The van der Waals surface area contributed by atoms with Gasteiger partial charge >= 0.3 is 0 Å². The van der Waals surface area contributed by atoms with Crippen LogP contribution in [0.5, 0.6) is 0 Å². The van der Waals surface area contributed by atoms with E-state index in [-0.39, 0.29) is 5.91 Å². The summed E-state index contributed by atoms with van der Waals surface area (Å²) in [4.78, 5) is 20.0. The Morgan fingerprint density at radius 1 is 1.59 bits per heavy atom. The van der Waals surface area contributed by atoms with Crippen LogP contribution in [0.3, 0.4) is 0 Å². The van der Waals surface area contributed by atoms with Crippen LogP contribution in [0, 0.1) is 0 Å². The first-order valence-electron chi connectivity index (χ1n) is 7.76. The quantitative estimate of drug-likeness (QED) is 0.889. The summed E-state index contributed by atoms with van der Waals surface area (Å²) in [6, 6.07) is 4.25. The van der Waals surface area contributed by atoms with Crippen molar-refractivity contribution in [1.29, 1.82) is 0 Å². The van der Waals surface area contributed by atoms with Crippen molar-refractivity contribution in [2.75, 3.05) is 19.6 Å². The lowest BCUT2D eigenvalue weighted by Gasteiger charge is -2.28. The Bertz CT molecular complexity index is 603. The molecule has 1 saturated heterocycles. The summed E-state index contributed by atoms with van der Waals surface area (Å²) in [5, 5.41) is 5.31. The van der Waals surface area contributed by atoms with E-state index in [1.54, 1.807) is 17.6 Å². The maximum Gasteiger partial charge on any atom is 0.236 e. The van der Waals surface area contributed by atoms with Gasteiger partial charge in [0.25, 0.3) is 0 Å². The van der Waals surface area contributed by atoms with Gasteiger partial charge in [-0.25, -0.2) is 4.98 Å². The molecule has 6 heteroatoms. The molecule has 1 aliphatic heterocycles. The minimum atomic E-state index is 0.140. The number of aromatic nitrogens is 1. The molecule has 0 bridgehead atoms. The molecule has 1 unspecified atom stereocenters. The number of rotatable bonds is 6. The molecule has 0 aliphatic carbocycles. The number of oxazole rings is 1. The molecule has 3 rings (SSSR count). The number of nitrogens with zero attached hydrogens (tertiary/aromatic N) is 2. The van der Waals surface area contributed by atoms with Crippen LogP contribution in [0.1, 0.15) is 25.5 Å². The van der Waals surface area contributed by atoms with Gasteiger partial charge in [0.2, 0.25) is 11.8 Å². The zero-order valence-electron chi connectivity index (χ0n) is 12.7. The average molecular weight is 319 g/mol. The van der Waals surface area contributed by atoms with Crippen LogP contribution < -0.4 is 5.32 Å². The monoisotopic (exact) mass is 319 g/mol. The van der Waals surface area contributed by atoms with Gasteiger partial charge in [0.05, 0.1) is 17.0 Å². The summed E-state index contributed by atoms with van der Waals surface area (Å²) in [5.41, 5.74) is 0.709. The Morgan fingerprint density at radius 2 is 2.50 bits per heavy atom. The van der Waals surface area contributed by atoms with Gasteiger partial charge in [-0.05, 0) is 30.8 Å². The number of nitrogens with one attached hydrogen (secondary N) is 1. The first-order valence-corrected chi connectivity index (χ1v) is 8.64. The largest absolute Gasteiger partial charge is 0.444 e. The van der Waals surface area contributed by atoms with Crippen molar-refractivity contribution >= 4 is 17.2 Å². The molecule has 22 heavy (non-hydrogen) atoms. The van der Waals surface area contributed by atoms with Crippen molar-refractivity contribution in [3.8, 4) is 10.8 Å². The van der Waals surface area contributed by atoms with E-state index in [1.807, 2.05) is 22.4 Å². The molecule has 0 saturated carbocycles. The predicted molar refractivity (Wildman–Crippen MR) is 86.8 cm³/mol. The highest BCUT2D eigenvalue weighted by Crippen LogP contribution is 2.24. The van der Waals surface area contributed by atoms with Gasteiger partial charge in [-0.15, -0.1) is 11.3 Å². The molecule has 5 nitrogen and oxygen atoms in total. The first-order chi connectivity index (χ1) is 10.8. The van der Waals surface area contributed by atoms with E-state index in [0.29, 0.717) is 24.0 Å². The molecule has 1 fully saturated rings. The van der Waals surface area contributed by atoms with Crippen molar-refractivity contribution in [1.82, 2.24) is 15.2 Å². The van der Waals surface area contributed by atoms with Crippen molar-refractivity contribution in [3.63, 3.8) is 0 Å². The van der Waals surface area contributed by atoms with Crippen LogP contribution in [0.25, 0.3) is 10.8 Å². The van der Waals surface area contributed by atoms with E-state index in [0.717, 1.165) is 37.4 Å². The molecule has 3 heterocycles. The Labute approximate surface area is 134 Å². The molecule has 0 spiro atoms. The lowest BCUT2D eigenvalue weighted by molar-refractivity contribution is -0.132. The van der Waals surface area contributed by atoms with E-state index in [9.17, 15) is 4.79 Å². The van der Waals surface area contributed by atoms with Gasteiger partial charge in [-0.2, -0.15) is 0 Å². The lowest BCUT2D eigenvalue weighted by Crippen LogP contribution is -2.42. The second-order valence-corrected chi connectivity index (χ2v) is 6.48. The van der Waals surface area contributed by atoms with Gasteiger partial charge in [-0.3, -0.25) is 4.79 Å². The molecule has 1 atom stereocenters. The number of hydrogen-bond acceptors (Lipinski definition) is 5. The van der Waals surface area contributed by atoms with E-state index < -0.39 is 0 Å². The fourth-order valence-electron chi connectivity index (χ4n) is 2.82.